The number of nitrogens with zero attached hydrogens (tertiary/aromatic N) is 2. The molecule has 0 bridgehead atoms. The smallest absolute Gasteiger partial charge is 0.270 e. The predicted molar refractivity (Wildman–Crippen MR) is 71.2 cm³/mol. The van der Waals surface area contributed by atoms with Crippen LogP contribution in [0, 0.1) is 22.9 Å². The second-order valence-electron chi connectivity index (χ2n) is 5.10. The fourth-order valence-electron chi connectivity index (χ4n) is 2.34. The number of nitro benzene ring substituents is 1. The fraction of sp³-hybridized carbons (Fsp3) is 0.462. The first-order chi connectivity index (χ1) is 9.38. The Balaban J connectivity index is 2.22. The van der Waals surface area contributed by atoms with E-state index in [2.05, 4.69) is 10.2 Å². The lowest BCUT2D eigenvalue weighted by atomic mass is 10.1. The number of non-ortho nitro benzene ring substituents is 1. The van der Waals surface area contributed by atoms with Gasteiger partial charge in [0.05, 0.1) is 10.5 Å². The van der Waals surface area contributed by atoms with Crippen molar-refractivity contribution in [2.45, 2.75) is 19.4 Å². The molecule has 1 atom stereocenters. The molecular weight excluding hydrogens is 265 g/mol. The largest absolute Gasteiger partial charge is 0.348 e. The highest BCUT2D eigenvalue weighted by molar-refractivity contribution is 5.95. The van der Waals surface area contributed by atoms with Gasteiger partial charge in [-0.05, 0) is 32.5 Å². The van der Waals surface area contributed by atoms with E-state index in [1.807, 2.05) is 7.05 Å². The molecule has 1 fully saturated rings. The summed E-state index contributed by atoms with van der Waals surface area (Å²) in [6, 6.07) is 2.05. The highest BCUT2D eigenvalue weighted by atomic mass is 19.1. The van der Waals surface area contributed by atoms with E-state index in [0.29, 0.717) is 6.54 Å². The summed E-state index contributed by atoms with van der Waals surface area (Å²) in [6.07, 6.45) is 0.789. The number of nitrogens with one attached hydrogen (secondary N) is 1. The molecule has 1 aromatic rings. The first-order valence-electron chi connectivity index (χ1n) is 6.32. The van der Waals surface area contributed by atoms with Gasteiger partial charge < -0.3 is 10.2 Å². The number of hydrogen-bond donors (Lipinski definition) is 1. The zero-order chi connectivity index (χ0) is 14.9. The van der Waals surface area contributed by atoms with Crippen molar-refractivity contribution in [2.75, 3.05) is 20.1 Å². The van der Waals surface area contributed by atoms with Crippen LogP contribution in [-0.4, -0.2) is 41.9 Å². The Kier molecular flexibility index (Phi) is 3.99. The first-order valence-corrected chi connectivity index (χ1v) is 6.32. The number of halogens is 1. The van der Waals surface area contributed by atoms with Crippen LogP contribution in [0.25, 0.3) is 0 Å². The minimum absolute atomic E-state index is 0.0496. The number of hydrogen-bond acceptors (Lipinski definition) is 4. The van der Waals surface area contributed by atoms with Crippen molar-refractivity contribution < 1.29 is 14.1 Å². The van der Waals surface area contributed by atoms with Crippen LogP contribution < -0.4 is 5.32 Å². The van der Waals surface area contributed by atoms with E-state index in [4.69, 9.17) is 0 Å². The quantitative estimate of drug-likeness (QED) is 0.672. The van der Waals surface area contributed by atoms with Crippen molar-refractivity contribution >= 4 is 11.6 Å². The topological polar surface area (TPSA) is 75.5 Å². The van der Waals surface area contributed by atoms with Gasteiger partial charge in [0, 0.05) is 24.7 Å². The summed E-state index contributed by atoms with van der Waals surface area (Å²) in [4.78, 5) is 24.3. The molecule has 108 valence electrons. The molecule has 20 heavy (non-hydrogen) atoms. The lowest BCUT2D eigenvalue weighted by Gasteiger charge is -2.13. The number of carbonyl (C=O) groups excluding carboxylic acids is 1. The second kappa shape index (κ2) is 5.54. The average Bonchev–Trinajstić information content (AvgIpc) is 2.77. The van der Waals surface area contributed by atoms with Gasteiger partial charge in [0.1, 0.15) is 5.82 Å². The number of benzene rings is 1. The Bertz CT molecular complexity index is 562. The van der Waals surface area contributed by atoms with Crippen LogP contribution in [0.4, 0.5) is 10.1 Å². The number of carbonyl (C=O) groups is 1. The summed E-state index contributed by atoms with van der Waals surface area (Å²) in [6.45, 7) is 2.96. The highest BCUT2D eigenvalue weighted by Gasteiger charge is 2.25. The molecule has 6 nitrogen and oxygen atoms in total. The summed E-state index contributed by atoms with van der Waals surface area (Å²) in [5.41, 5.74) is -0.461. The van der Waals surface area contributed by atoms with Crippen LogP contribution in [0.3, 0.4) is 0 Å². The molecule has 0 spiro atoms. The standard InChI is InChI=1S/C13H16FN3O3/c1-8-5-10(17(19)20)6-11(12(8)14)13(18)15-9-3-4-16(2)7-9/h5-6,9H,3-4,7H2,1-2H3,(H,15,18). The summed E-state index contributed by atoms with van der Waals surface area (Å²) in [5.74, 6) is -1.31. The molecule has 0 aliphatic carbocycles. The number of aryl methyl sites for hydroxylation is 1. The molecule has 1 aliphatic heterocycles. The lowest BCUT2D eigenvalue weighted by molar-refractivity contribution is -0.385. The van der Waals surface area contributed by atoms with Gasteiger partial charge in [-0.15, -0.1) is 0 Å². The third kappa shape index (κ3) is 2.93. The van der Waals surface area contributed by atoms with Crippen molar-refractivity contribution in [3.05, 3.63) is 39.2 Å². The molecule has 2 rings (SSSR count). The highest BCUT2D eigenvalue weighted by Crippen LogP contribution is 2.21. The molecule has 0 radical (unpaired) electrons. The van der Waals surface area contributed by atoms with Crippen LogP contribution in [0.5, 0.6) is 0 Å². The minimum Gasteiger partial charge on any atom is -0.348 e. The molecule has 1 aliphatic rings. The van der Waals surface area contributed by atoms with Gasteiger partial charge in [-0.25, -0.2) is 4.39 Å². The molecule has 1 aromatic carbocycles. The number of rotatable bonds is 3. The summed E-state index contributed by atoms with van der Waals surface area (Å²) < 4.78 is 14.0. The van der Waals surface area contributed by atoms with Crippen molar-refractivity contribution in [2.24, 2.45) is 0 Å². The van der Waals surface area contributed by atoms with Crippen LogP contribution in [0.2, 0.25) is 0 Å². The predicted octanol–water partition coefficient (Wildman–Crippen LogP) is 1.48. The number of likely N-dealkylation sites (N-methyl/N-ethyl adjacent to an activating group) is 1. The van der Waals surface area contributed by atoms with Crippen LogP contribution in [0.1, 0.15) is 22.3 Å². The van der Waals surface area contributed by atoms with Gasteiger partial charge in [0.15, 0.2) is 0 Å². The maximum atomic E-state index is 14.0. The van der Waals surface area contributed by atoms with Crippen molar-refractivity contribution in [3.8, 4) is 0 Å². The third-order valence-corrected chi connectivity index (χ3v) is 3.42. The van der Waals surface area contributed by atoms with Crippen LogP contribution >= 0.6 is 0 Å². The maximum Gasteiger partial charge on any atom is 0.270 e. The van der Waals surface area contributed by atoms with Gasteiger partial charge >= 0.3 is 0 Å². The molecule has 1 amide bonds. The Morgan fingerprint density at radius 3 is 2.80 bits per heavy atom. The maximum absolute atomic E-state index is 14.0. The van der Waals surface area contributed by atoms with E-state index in [1.165, 1.54) is 6.92 Å². The first kappa shape index (κ1) is 14.4. The van der Waals surface area contributed by atoms with Gasteiger partial charge in [0.2, 0.25) is 0 Å². The molecular formula is C13H16FN3O3. The Morgan fingerprint density at radius 1 is 1.55 bits per heavy atom. The third-order valence-electron chi connectivity index (χ3n) is 3.42. The summed E-state index contributed by atoms with van der Waals surface area (Å²) in [5, 5.41) is 13.5. The number of amides is 1. The monoisotopic (exact) mass is 281 g/mol. The van der Waals surface area contributed by atoms with Gasteiger partial charge in [-0.3, -0.25) is 14.9 Å². The van der Waals surface area contributed by atoms with E-state index in [0.717, 1.165) is 25.1 Å². The van der Waals surface area contributed by atoms with Crippen LogP contribution in [-0.2, 0) is 0 Å². The molecule has 1 heterocycles. The summed E-state index contributed by atoms with van der Waals surface area (Å²) in [7, 11) is 1.93. The molecule has 0 aromatic heterocycles. The Labute approximate surface area is 115 Å². The normalized spacial score (nSPS) is 19.1. The lowest BCUT2D eigenvalue weighted by Crippen LogP contribution is -2.37. The van der Waals surface area contributed by atoms with Gasteiger partial charge in [-0.1, -0.05) is 0 Å². The number of likely N-dealkylation sites (tertiary alicyclic amines) is 1. The molecule has 1 N–H and O–H groups in total. The molecule has 1 saturated heterocycles. The van der Waals surface area contributed by atoms with Gasteiger partial charge in [0.25, 0.3) is 11.6 Å². The van der Waals surface area contributed by atoms with E-state index in [9.17, 15) is 19.3 Å². The van der Waals surface area contributed by atoms with E-state index in [-0.39, 0.29) is 22.9 Å². The Hall–Kier alpha value is -2.02. The van der Waals surface area contributed by atoms with Crippen molar-refractivity contribution in [3.63, 3.8) is 0 Å². The minimum atomic E-state index is -0.709. The van der Waals surface area contributed by atoms with E-state index >= 15 is 0 Å². The summed E-state index contributed by atoms with van der Waals surface area (Å²) >= 11 is 0. The Morgan fingerprint density at radius 2 is 2.25 bits per heavy atom. The average molecular weight is 281 g/mol. The molecule has 7 heteroatoms. The zero-order valence-corrected chi connectivity index (χ0v) is 11.4. The molecule has 1 unspecified atom stereocenters. The van der Waals surface area contributed by atoms with E-state index in [1.54, 1.807) is 0 Å². The zero-order valence-electron chi connectivity index (χ0n) is 11.4. The fourth-order valence-corrected chi connectivity index (χ4v) is 2.34. The molecule has 0 saturated carbocycles. The van der Waals surface area contributed by atoms with Gasteiger partial charge in [-0.2, -0.15) is 0 Å². The van der Waals surface area contributed by atoms with Crippen molar-refractivity contribution in [1.29, 1.82) is 0 Å². The van der Waals surface area contributed by atoms with Crippen molar-refractivity contribution in [1.82, 2.24) is 10.2 Å². The second-order valence-corrected chi connectivity index (χ2v) is 5.10. The SMILES string of the molecule is Cc1cc([N+](=O)[O-])cc(C(=O)NC2CCN(C)C2)c1F. The number of nitro groups is 1. The van der Waals surface area contributed by atoms with Crippen LogP contribution in [0.15, 0.2) is 12.1 Å². The van der Waals surface area contributed by atoms with E-state index < -0.39 is 16.6 Å².